The van der Waals surface area contributed by atoms with Gasteiger partial charge >= 0.3 is 0 Å². The van der Waals surface area contributed by atoms with Gasteiger partial charge in [-0.2, -0.15) is 0 Å². The molecule has 1 atom stereocenters. The molecular formula is C8H10ClFN2O. The van der Waals surface area contributed by atoms with Crippen molar-refractivity contribution in [3.8, 4) is 0 Å². The molecule has 0 spiro atoms. The molecule has 1 aromatic heterocycles. The molecule has 0 saturated heterocycles. The summed E-state index contributed by atoms with van der Waals surface area (Å²) >= 11 is 5.39. The molecule has 1 heterocycles. The summed E-state index contributed by atoms with van der Waals surface area (Å²) < 4.78 is 12.9. The standard InChI is InChI=1S/C8H10ClFN2O/c9-8-6(10)3-5(4-12-8)7(11)1-2-13/h3-4,7,13H,1-2,11H2/t7-/m1/s1. The highest BCUT2D eigenvalue weighted by molar-refractivity contribution is 6.29. The number of nitrogens with two attached hydrogens (primary N) is 1. The molecule has 3 nitrogen and oxygen atoms in total. The van der Waals surface area contributed by atoms with Crippen molar-refractivity contribution in [1.29, 1.82) is 0 Å². The number of aromatic nitrogens is 1. The van der Waals surface area contributed by atoms with E-state index in [9.17, 15) is 4.39 Å². The maximum atomic E-state index is 12.9. The Morgan fingerprint density at radius 3 is 2.92 bits per heavy atom. The third-order valence-electron chi connectivity index (χ3n) is 1.69. The second kappa shape index (κ2) is 4.50. The van der Waals surface area contributed by atoms with Crippen LogP contribution >= 0.6 is 11.6 Å². The lowest BCUT2D eigenvalue weighted by molar-refractivity contribution is 0.276. The van der Waals surface area contributed by atoms with E-state index in [0.29, 0.717) is 12.0 Å². The number of aliphatic hydroxyl groups is 1. The quantitative estimate of drug-likeness (QED) is 0.729. The van der Waals surface area contributed by atoms with Crippen molar-refractivity contribution >= 4 is 11.6 Å². The van der Waals surface area contributed by atoms with E-state index in [0.717, 1.165) is 0 Å². The molecule has 5 heteroatoms. The average Bonchev–Trinajstić information content (AvgIpc) is 2.10. The lowest BCUT2D eigenvalue weighted by Gasteiger charge is -2.09. The Morgan fingerprint density at radius 2 is 2.38 bits per heavy atom. The molecule has 0 bridgehead atoms. The molecule has 0 aliphatic carbocycles. The maximum Gasteiger partial charge on any atom is 0.164 e. The first-order valence-electron chi connectivity index (χ1n) is 3.82. The van der Waals surface area contributed by atoms with Crippen molar-refractivity contribution in [1.82, 2.24) is 4.98 Å². The van der Waals surface area contributed by atoms with Gasteiger partial charge in [0.2, 0.25) is 0 Å². The van der Waals surface area contributed by atoms with Gasteiger partial charge in [0.15, 0.2) is 11.0 Å². The smallest absolute Gasteiger partial charge is 0.164 e. The van der Waals surface area contributed by atoms with Crippen LogP contribution in [0.3, 0.4) is 0 Å². The number of hydrogen-bond acceptors (Lipinski definition) is 3. The number of nitrogens with zero attached hydrogens (tertiary/aromatic N) is 1. The van der Waals surface area contributed by atoms with Crippen molar-refractivity contribution < 1.29 is 9.50 Å². The number of pyridine rings is 1. The molecule has 0 fully saturated rings. The minimum absolute atomic E-state index is 0.0363. The molecule has 0 saturated carbocycles. The molecule has 1 aromatic rings. The van der Waals surface area contributed by atoms with Crippen LogP contribution in [0, 0.1) is 5.82 Å². The zero-order valence-corrected chi connectivity index (χ0v) is 7.63. The molecule has 0 aromatic carbocycles. The van der Waals surface area contributed by atoms with E-state index in [1.54, 1.807) is 0 Å². The monoisotopic (exact) mass is 204 g/mol. The van der Waals surface area contributed by atoms with Gasteiger partial charge in [0, 0.05) is 18.8 Å². The van der Waals surface area contributed by atoms with E-state index in [-0.39, 0.29) is 11.8 Å². The summed E-state index contributed by atoms with van der Waals surface area (Å²) in [6.45, 7) is -0.0363. The summed E-state index contributed by atoms with van der Waals surface area (Å²) in [5, 5.41) is 8.43. The molecule has 0 radical (unpaired) electrons. The maximum absolute atomic E-state index is 12.9. The zero-order valence-electron chi connectivity index (χ0n) is 6.87. The van der Waals surface area contributed by atoms with Crippen LogP contribution < -0.4 is 5.73 Å². The van der Waals surface area contributed by atoms with Crippen LogP contribution in [-0.2, 0) is 0 Å². The Balaban J connectivity index is 2.84. The highest BCUT2D eigenvalue weighted by Gasteiger charge is 2.08. The lowest BCUT2D eigenvalue weighted by Crippen LogP contribution is -2.12. The van der Waals surface area contributed by atoms with E-state index >= 15 is 0 Å². The summed E-state index contributed by atoms with van der Waals surface area (Å²) in [5.74, 6) is -0.590. The van der Waals surface area contributed by atoms with Gasteiger partial charge in [-0.05, 0) is 18.1 Å². The number of halogens is 2. The van der Waals surface area contributed by atoms with E-state index in [4.69, 9.17) is 22.4 Å². The van der Waals surface area contributed by atoms with Crippen molar-refractivity contribution in [3.63, 3.8) is 0 Å². The molecular weight excluding hydrogens is 195 g/mol. The fraction of sp³-hybridized carbons (Fsp3) is 0.375. The largest absolute Gasteiger partial charge is 0.396 e. The topological polar surface area (TPSA) is 59.1 Å². The summed E-state index contributed by atoms with van der Waals surface area (Å²) in [6, 6.07) is 0.833. The highest BCUT2D eigenvalue weighted by atomic mass is 35.5. The molecule has 0 aliphatic rings. The Morgan fingerprint density at radius 1 is 1.69 bits per heavy atom. The van der Waals surface area contributed by atoms with E-state index in [2.05, 4.69) is 4.98 Å². The number of aliphatic hydroxyl groups excluding tert-OH is 1. The highest BCUT2D eigenvalue weighted by Crippen LogP contribution is 2.17. The lowest BCUT2D eigenvalue weighted by atomic mass is 10.1. The summed E-state index contributed by atoms with van der Waals surface area (Å²) in [4.78, 5) is 3.61. The van der Waals surface area contributed by atoms with Crippen molar-refractivity contribution in [2.45, 2.75) is 12.5 Å². The van der Waals surface area contributed by atoms with Gasteiger partial charge in [-0.1, -0.05) is 11.6 Å². The Labute approximate surface area is 80.3 Å². The van der Waals surface area contributed by atoms with Crippen LogP contribution in [0.5, 0.6) is 0 Å². The minimum atomic E-state index is -0.590. The molecule has 72 valence electrons. The number of rotatable bonds is 3. The van der Waals surface area contributed by atoms with Gasteiger partial charge in [0.05, 0.1) is 0 Å². The van der Waals surface area contributed by atoms with Crippen molar-refractivity contribution in [2.24, 2.45) is 5.73 Å². The minimum Gasteiger partial charge on any atom is -0.396 e. The molecule has 1 rings (SSSR count). The van der Waals surface area contributed by atoms with Gasteiger partial charge in [-0.3, -0.25) is 0 Å². The van der Waals surface area contributed by atoms with Gasteiger partial charge in [-0.25, -0.2) is 9.37 Å². The summed E-state index contributed by atoms with van der Waals surface area (Å²) in [7, 11) is 0. The fourth-order valence-corrected chi connectivity index (χ4v) is 1.05. The van der Waals surface area contributed by atoms with Gasteiger partial charge < -0.3 is 10.8 Å². The zero-order chi connectivity index (χ0) is 9.84. The summed E-state index contributed by atoms with van der Waals surface area (Å²) in [5.41, 5.74) is 6.15. The molecule has 13 heavy (non-hydrogen) atoms. The van der Waals surface area contributed by atoms with Crippen molar-refractivity contribution in [3.05, 3.63) is 28.8 Å². The fourth-order valence-electron chi connectivity index (χ4n) is 0.945. The third kappa shape index (κ3) is 2.62. The van der Waals surface area contributed by atoms with Crippen LogP contribution in [-0.4, -0.2) is 16.7 Å². The predicted molar refractivity (Wildman–Crippen MR) is 47.8 cm³/mol. The molecule has 0 amide bonds. The average molecular weight is 205 g/mol. The second-order valence-corrected chi connectivity index (χ2v) is 3.02. The van der Waals surface area contributed by atoms with E-state index < -0.39 is 11.9 Å². The van der Waals surface area contributed by atoms with Gasteiger partial charge in [-0.15, -0.1) is 0 Å². The Bertz CT molecular complexity index is 295. The van der Waals surface area contributed by atoms with Crippen LogP contribution in [0.15, 0.2) is 12.3 Å². The van der Waals surface area contributed by atoms with Crippen LogP contribution in [0.25, 0.3) is 0 Å². The Hall–Kier alpha value is -0.710. The molecule has 0 aliphatic heterocycles. The Kier molecular flexibility index (Phi) is 3.59. The normalized spacial score (nSPS) is 12.9. The first kappa shape index (κ1) is 10.4. The molecule has 0 unspecified atom stereocenters. The van der Waals surface area contributed by atoms with Gasteiger partial charge in [0.1, 0.15) is 0 Å². The first-order chi connectivity index (χ1) is 6.15. The van der Waals surface area contributed by atoms with Gasteiger partial charge in [0.25, 0.3) is 0 Å². The van der Waals surface area contributed by atoms with Crippen LogP contribution in [0.1, 0.15) is 18.0 Å². The summed E-state index contributed by atoms with van der Waals surface area (Å²) in [6.07, 6.45) is 1.79. The second-order valence-electron chi connectivity index (χ2n) is 2.66. The van der Waals surface area contributed by atoms with Crippen LogP contribution in [0.2, 0.25) is 5.15 Å². The van der Waals surface area contributed by atoms with E-state index in [1.807, 2.05) is 0 Å². The van der Waals surface area contributed by atoms with Crippen molar-refractivity contribution in [2.75, 3.05) is 6.61 Å². The number of hydrogen-bond donors (Lipinski definition) is 2. The molecule has 3 N–H and O–H groups in total. The van der Waals surface area contributed by atoms with E-state index in [1.165, 1.54) is 12.3 Å². The SMILES string of the molecule is N[C@H](CCO)c1cnc(Cl)c(F)c1. The first-order valence-corrected chi connectivity index (χ1v) is 4.20. The predicted octanol–water partition coefficient (Wildman–Crippen LogP) is 1.26. The van der Waals surface area contributed by atoms with Crippen LogP contribution in [0.4, 0.5) is 4.39 Å². The third-order valence-corrected chi connectivity index (χ3v) is 1.96.